The molecule has 1 aliphatic heterocycles. The Kier molecular flexibility index (Phi) is 5.86. The maximum Gasteiger partial charge on any atom is 0.236 e. The van der Waals surface area contributed by atoms with Crippen LogP contribution in [0, 0.1) is 16.7 Å². The third kappa shape index (κ3) is 5.08. The highest BCUT2D eigenvalue weighted by Gasteiger charge is 2.30. The molecule has 1 N–H and O–H groups in total. The summed E-state index contributed by atoms with van der Waals surface area (Å²) in [6.45, 7) is 3.72. The Labute approximate surface area is 161 Å². The van der Waals surface area contributed by atoms with Gasteiger partial charge in [0.2, 0.25) is 21.9 Å². The molecular weight excluding hydrogens is 366 g/mol. The van der Waals surface area contributed by atoms with E-state index in [4.69, 9.17) is 4.74 Å². The topological polar surface area (TPSA) is 108 Å². The number of nitrogens with zero attached hydrogens (tertiary/aromatic N) is 4. The summed E-state index contributed by atoms with van der Waals surface area (Å²) in [6.07, 6.45) is 8.77. The van der Waals surface area contributed by atoms with E-state index in [0.717, 1.165) is 12.8 Å². The second-order valence-electron chi connectivity index (χ2n) is 7.91. The first-order valence-electron chi connectivity index (χ1n) is 9.41. The highest BCUT2D eigenvalue weighted by Crippen LogP contribution is 2.38. The van der Waals surface area contributed by atoms with E-state index in [2.05, 4.69) is 28.3 Å². The van der Waals surface area contributed by atoms with E-state index in [-0.39, 0.29) is 11.5 Å². The molecule has 1 saturated heterocycles. The minimum atomic E-state index is -3.14. The molecule has 9 heteroatoms. The van der Waals surface area contributed by atoms with Crippen LogP contribution in [-0.2, 0) is 10.0 Å². The van der Waals surface area contributed by atoms with Gasteiger partial charge in [0.25, 0.3) is 0 Å². The third-order valence-electron chi connectivity index (χ3n) is 5.50. The fraction of sp³-hybridized carbons (Fsp3) is 0.722. The largest absolute Gasteiger partial charge is 0.476 e. The predicted molar refractivity (Wildman–Crippen MR) is 102 cm³/mol. The maximum atomic E-state index is 11.6. The lowest BCUT2D eigenvalue weighted by molar-refractivity contribution is 0.162. The van der Waals surface area contributed by atoms with Crippen molar-refractivity contribution < 1.29 is 13.2 Å². The van der Waals surface area contributed by atoms with Crippen LogP contribution in [0.5, 0.6) is 5.88 Å². The lowest BCUT2D eigenvalue weighted by Crippen LogP contribution is -2.42. The highest BCUT2D eigenvalue weighted by molar-refractivity contribution is 7.88. The standard InChI is InChI=1S/C18H27N5O3S/c1-18(7-3-4-8-18)13-26-16-14(11-19)12-20-17(22-16)21-15-5-9-23(10-6-15)27(2,24)25/h12,15H,3-10,13H2,1-2H3,(H,20,21,22). The summed E-state index contributed by atoms with van der Waals surface area (Å²) in [4.78, 5) is 8.61. The van der Waals surface area contributed by atoms with Gasteiger partial charge >= 0.3 is 0 Å². The van der Waals surface area contributed by atoms with Crippen molar-refractivity contribution in [3.63, 3.8) is 0 Å². The third-order valence-corrected chi connectivity index (χ3v) is 6.80. The van der Waals surface area contributed by atoms with Gasteiger partial charge in [-0.1, -0.05) is 19.8 Å². The van der Waals surface area contributed by atoms with E-state index in [0.29, 0.717) is 49.9 Å². The maximum absolute atomic E-state index is 11.6. The molecule has 3 rings (SSSR count). The Morgan fingerprint density at radius 2 is 2.04 bits per heavy atom. The molecule has 2 fully saturated rings. The predicted octanol–water partition coefficient (Wildman–Crippen LogP) is 2.14. The van der Waals surface area contributed by atoms with Crippen molar-refractivity contribution >= 4 is 16.0 Å². The van der Waals surface area contributed by atoms with E-state index in [1.807, 2.05) is 0 Å². The Morgan fingerprint density at radius 3 is 2.63 bits per heavy atom. The molecule has 0 amide bonds. The smallest absolute Gasteiger partial charge is 0.236 e. The average Bonchev–Trinajstić information content (AvgIpc) is 3.07. The summed E-state index contributed by atoms with van der Waals surface area (Å²) in [5.74, 6) is 0.732. The molecule has 8 nitrogen and oxygen atoms in total. The molecule has 2 heterocycles. The molecule has 1 aliphatic carbocycles. The van der Waals surface area contributed by atoms with Gasteiger partial charge in [0, 0.05) is 24.5 Å². The fourth-order valence-electron chi connectivity index (χ4n) is 3.75. The summed E-state index contributed by atoms with van der Waals surface area (Å²) in [7, 11) is -3.14. The van der Waals surface area contributed by atoms with Gasteiger partial charge in [0.1, 0.15) is 11.6 Å². The fourth-order valence-corrected chi connectivity index (χ4v) is 4.63. The zero-order valence-electron chi connectivity index (χ0n) is 15.9. The van der Waals surface area contributed by atoms with Crippen LogP contribution in [0.4, 0.5) is 5.95 Å². The number of sulfonamides is 1. The molecule has 1 aromatic heterocycles. The van der Waals surface area contributed by atoms with Crippen molar-refractivity contribution in [2.45, 2.75) is 51.5 Å². The number of hydrogen-bond acceptors (Lipinski definition) is 7. The first kappa shape index (κ1) is 19.8. The van der Waals surface area contributed by atoms with Gasteiger partial charge in [-0.25, -0.2) is 17.7 Å². The molecule has 27 heavy (non-hydrogen) atoms. The molecule has 1 aromatic rings. The average molecular weight is 394 g/mol. The molecule has 0 spiro atoms. The van der Waals surface area contributed by atoms with Crippen molar-refractivity contribution in [3.8, 4) is 11.9 Å². The van der Waals surface area contributed by atoms with E-state index in [1.165, 1.54) is 29.6 Å². The van der Waals surface area contributed by atoms with Gasteiger partial charge in [-0.3, -0.25) is 0 Å². The van der Waals surface area contributed by atoms with E-state index >= 15 is 0 Å². The molecule has 0 aromatic carbocycles. The van der Waals surface area contributed by atoms with Gasteiger partial charge in [-0.2, -0.15) is 10.2 Å². The second kappa shape index (κ2) is 7.98. The number of piperidine rings is 1. The molecule has 1 saturated carbocycles. The number of nitriles is 1. The van der Waals surface area contributed by atoms with E-state index in [9.17, 15) is 13.7 Å². The van der Waals surface area contributed by atoms with Gasteiger partial charge < -0.3 is 10.1 Å². The molecule has 0 unspecified atom stereocenters. The van der Waals surface area contributed by atoms with Gasteiger partial charge in [-0.05, 0) is 25.7 Å². The lowest BCUT2D eigenvalue weighted by Gasteiger charge is -2.30. The molecule has 0 bridgehead atoms. The zero-order chi connectivity index (χ0) is 19.5. The van der Waals surface area contributed by atoms with Gasteiger partial charge in [-0.15, -0.1) is 0 Å². The summed E-state index contributed by atoms with van der Waals surface area (Å²) >= 11 is 0. The summed E-state index contributed by atoms with van der Waals surface area (Å²) in [6, 6.07) is 2.18. The first-order chi connectivity index (χ1) is 12.8. The minimum absolute atomic E-state index is 0.0936. The molecule has 0 radical (unpaired) electrons. The van der Waals surface area contributed by atoms with E-state index < -0.39 is 10.0 Å². The van der Waals surface area contributed by atoms with E-state index in [1.54, 1.807) is 0 Å². The normalized spacial score (nSPS) is 20.9. The summed E-state index contributed by atoms with van der Waals surface area (Å²) in [5.41, 5.74) is 0.470. The Hall–Kier alpha value is -1.92. The molecule has 148 valence electrons. The molecular formula is C18H27N5O3S. The van der Waals surface area contributed by atoms with Crippen LogP contribution < -0.4 is 10.1 Å². The molecule has 0 atom stereocenters. The van der Waals surface area contributed by atoms with Crippen LogP contribution in [0.15, 0.2) is 6.20 Å². The second-order valence-corrected chi connectivity index (χ2v) is 9.89. The zero-order valence-corrected chi connectivity index (χ0v) is 16.8. The SMILES string of the molecule is CC1(COc2nc(NC3CCN(S(C)(=O)=O)CC3)ncc2C#N)CCCC1. The first-order valence-corrected chi connectivity index (χ1v) is 11.3. The van der Waals surface area contributed by atoms with Crippen LogP contribution in [0.3, 0.4) is 0 Å². The summed E-state index contributed by atoms with van der Waals surface area (Å²) < 4.78 is 30.6. The van der Waals surface area contributed by atoms with Crippen molar-refractivity contribution in [1.29, 1.82) is 5.26 Å². The van der Waals surface area contributed by atoms with Crippen molar-refractivity contribution in [3.05, 3.63) is 11.8 Å². The number of nitrogens with one attached hydrogen (secondary N) is 1. The highest BCUT2D eigenvalue weighted by atomic mass is 32.2. The Morgan fingerprint density at radius 1 is 1.37 bits per heavy atom. The number of anilines is 1. The molecule has 2 aliphatic rings. The van der Waals surface area contributed by atoms with Crippen LogP contribution in [0.2, 0.25) is 0 Å². The van der Waals surface area contributed by atoms with Crippen LogP contribution in [-0.4, -0.2) is 54.7 Å². The summed E-state index contributed by atoms with van der Waals surface area (Å²) in [5, 5.41) is 12.5. The number of rotatable bonds is 6. The number of aromatic nitrogens is 2. The van der Waals surface area contributed by atoms with Gasteiger partial charge in [0.05, 0.1) is 19.1 Å². The van der Waals surface area contributed by atoms with Crippen molar-refractivity contribution in [2.75, 3.05) is 31.3 Å². The minimum Gasteiger partial charge on any atom is -0.476 e. The van der Waals surface area contributed by atoms with Crippen LogP contribution in [0.1, 0.15) is 51.0 Å². The van der Waals surface area contributed by atoms with Crippen LogP contribution >= 0.6 is 0 Å². The lowest BCUT2D eigenvalue weighted by atomic mass is 9.90. The number of ether oxygens (including phenoxy) is 1. The monoisotopic (exact) mass is 393 g/mol. The Balaban J connectivity index is 1.62. The van der Waals surface area contributed by atoms with Crippen LogP contribution in [0.25, 0.3) is 0 Å². The van der Waals surface area contributed by atoms with Crippen molar-refractivity contribution in [1.82, 2.24) is 14.3 Å². The van der Waals surface area contributed by atoms with Gasteiger partial charge in [0.15, 0.2) is 0 Å². The quantitative estimate of drug-likeness (QED) is 0.789. The van der Waals surface area contributed by atoms with Crippen molar-refractivity contribution in [2.24, 2.45) is 5.41 Å². The Bertz CT molecular complexity index is 807. The number of hydrogen-bond donors (Lipinski definition) is 1.